The van der Waals surface area contributed by atoms with E-state index in [0.717, 1.165) is 19.0 Å². The van der Waals surface area contributed by atoms with Crippen molar-refractivity contribution in [2.24, 2.45) is 5.73 Å². The molecule has 1 rings (SSSR count). The van der Waals surface area contributed by atoms with Crippen molar-refractivity contribution in [1.29, 1.82) is 0 Å². The number of amides is 2. The highest BCUT2D eigenvalue weighted by atomic mass is 16.5. The second-order valence-corrected chi connectivity index (χ2v) is 4.12. The van der Waals surface area contributed by atoms with E-state index in [2.05, 4.69) is 30.2 Å². The summed E-state index contributed by atoms with van der Waals surface area (Å²) in [5, 5.41) is 8.19. The summed E-state index contributed by atoms with van der Waals surface area (Å²) in [6.07, 6.45) is 4.34. The molecule has 1 fully saturated rings. The van der Waals surface area contributed by atoms with Gasteiger partial charge in [-0.25, -0.2) is 4.79 Å². The van der Waals surface area contributed by atoms with Crippen molar-refractivity contribution in [3.8, 4) is 0 Å². The van der Waals surface area contributed by atoms with Crippen LogP contribution in [0.3, 0.4) is 0 Å². The fourth-order valence-electron chi connectivity index (χ4n) is 1.12. The Morgan fingerprint density at radius 1 is 1.45 bits per heavy atom. The largest absolute Gasteiger partial charge is 0.460 e. The Bertz CT molecular complexity index is 418. The summed E-state index contributed by atoms with van der Waals surface area (Å²) in [6, 6.07) is 0. The van der Waals surface area contributed by atoms with E-state index in [1.165, 1.54) is 0 Å². The average molecular weight is 312 g/mol. The maximum Gasteiger partial charge on any atom is 0.333 e. The van der Waals surface area contributed by atoms with Crippen LogP contribution < -0.4 is 5.73 Å². The Balaban J connectivity index is 0. The summed E-state index contributed by atoms with van der Waals surface area (Å²) in [6.45, 7) is 12.3. The maximum absolute atomic E-state index is 10.7. The molecule has 0 atom stereocenters. The maximum atomic E-state index is 10.7. The number of primary amides is 1. The molecule has 1 aliphatic rings. The first-order valence-corrected chi connectivity index (χ1v) is 6.57. The summed E-state index contributed by atoms with van der Waals surface area (Å²) >= 11 is 0. The number of rotatable bonds is 5. The predicted molar refractivity (Wildman–Crippen MR) is 83.4 cm³/mol. The predicted octanol–water partition coefficient (Wildman–Crippen LogP) is 0.508. The minimum atomic E-state index is -0.481. The standard InChI is InChI=1S/C6H9NO.C6H10O3.C3H5NO/c1-2-7-5-3-4-6(7)8;1-5(2)6(8)9-4-3-7;1-2-3(4)5/h2H,1,3-5H2;7H,1,3-4H2,2H3;2H,1H2,(H2,4,5). The summed E-state index contributed by atoms with van der Waals surface area (Å²) < 4.78 is 4.46. The van der Waals surface area contributed by atoms with Gasteiger partial charge in [0.2, 0.25) is 11.8 Å². The van der Waals surface area contributed by atoms with Gasteiger partial charge in [-0.05, 0) is 25.6 Å². The van der Waals surface area contributed by atoms with Gasteiger partial charge in [0, 0.05) is 18.5 Å². The molecular weight excluding hydrogens is 288 g/mol. The lowest BCUT2D eigenvalue weighted by Gasteiger charge is -2.05. The molecular formula is C15H24N2O5. The molecule has 0 saturated carbocycles. The van der Waals surface area contributed by atoms with Crippen LogP contribution in [0.4, 0.5) is 0 Å². The lowest BCUT2D eigenvalue weighted by atomic mass is 10.4. The molecule has 0 radical (unpaired) electrons. The molecule has 0 aromatic carbocycles. The van der Waals surface area contributed by atoms with Gasteiger partial charge in [0.15, 0.2) is 0 Å². The topological polar surface area (TPSA) is 110 Å². The normalized spacial score (nSPS) is 12.1. The van der Waals surface area contributed by atoms with Crippen LogP contribution in [0.1, 0.15) is 19.8 Å². The summed E-state index contributed by atoms with van der Waals surface area (Å²) in [5.41, 5.74) is 4.89. The summed E-state index contributed by atoms with van der Waals surface area (Å²) in [7, 11) is 0. The smallest absolute Gasteiger partial charge is 0.333 e. The van der Waals surface area contributed by atoms with Crippen molar-refractivity contribution in [3.63, 3.8) is 0 Å². The van der Waals surface area contributed by atoms with Crippen LogP contribution in [0.25, 0.3) is 0 Å². The quantitative estimate of drug-likeness (QED) is 0.567. The number of aliphatic hydroxyl groups excluding tert-OH is 1. The summed E-state index contributed by atoms with van der Waals surface area (Å²) in [5.74, 6) is -0.728. The Morgan fingerprint density at radius 2 is 2.00 bits per heavy atom. The highest BCUT2D eigenvalue weighted by Crippen LogP contribution is 2.08. The van der Waals surface area contributed by atoms with Crippen LogP contribution in [0.5, 0.6) is 0 Å². The third-order valence-corrected chi connectivity index (χ3v) is 2.20. The number of ether oxygens (including phenoxy) is 1. The average Bonchev–Trinajstić information content (AvgIpc) is 2.91. The lowest BCUT2D eigenvalue weighted by molar-refractivity contribution is -0.139. The number of carbonyl (C=O) groups is 3. The highest BCUT2D eigenvalue weighted by Gasteiger charge is 2.15. The first-order valence-electron chi connectivity index (χ1n) is 6.57. The molecule has 0 unspecified atom stereocenters. The molecule has 7 heteroatoms. The van der Waals surface area contributed by atoms with Gasteiger partial charge in [-0.2, -0.15) is 0 Å². The fraction of sp³-hybridized carbons (Fsp3) is 0.400. The van der Waals surface area contributed by atoms with E-state index >= 15 is 0 Å². The van der Waals surface area contributed by atoms with Crippen molar-refractivity contribution in [1.82, 2.24) is 4.90 Å². The molecule has 0 aromatic heterocycles. The van der Waals surface area contributed by atoms with Crippen molar-refractivity contribution < 1.29 is 24.2 Å². The van der Waals surface area contributed by atoms with Gasteiger partial charge in [-0.1, -0.05) is 19.7 Å². The van der Waals surface area contributed by atoms with Crippen molar-refractivity contribution in [2.75, 3.05) is 19.8 Å². The van der Waals surface area contributed by atoms with Crippen LogP contribution in [-0.2, 0) is 19.1 Å². The monoisotopic (exact) mass is 312 g/mol. The zero-order valence-electron chi connectivity index (χ0n) is 12.9. The SMILES string of the molecule is C=C(C)C(=O)OCCO.C=CC(N)=O.C=CN1CCCC1=O. The molecule has 7 nitrogen and oxygen atoms in total. The van der Waals surface area contributed by atoms with E-state index < -0.39 is 11.9 Å². The number of likely N-dealkylation sites (tertiary alicyclic amines) is 1. The zero-order valence-corrected chi connectivity index (χ0v) is 12.9. The van der Waals surface area contributed by atoms with E-state index in [9.17, 15) is 14.4 Å². The number of nitrogens with two attached hydrogens (primary N) is 1. The summed E-state index contributed by atoms with van der Waals surface area (Å²) in [4.78, 5) is 32.3. The molecule has 22 heavy (non-hydrogen) atoms. The van der Waals surface area contributed by atoms with E-state index in [0.29, 0.717) is 12.0 Å². The number of hydrogen-bond donors (Lipinski definition) is 2. The Hall–Kier alpha value is -2.41. The Labute approximate surface area is 130 Å². The van der Waals surface area contributed by atoms with Gasteiger partial charge in [0.1, 0.15) is 6.61 Å². The van der Waals surface area contributed by atoms with Gasteiger partial charge in [0.25, 0.3) is 0 Å². The fourth-order valence-corrected chi connectivity index (χ4v) is 1.12. The Morgan fingerprint density at radius 3 is 2.23 bits per heavy atom. The minimum Gasteiger partial charge on any atom is -0.460 e. The van der Waals surface area contributed by atoms with Crippen LogP contribution >= 0.6 is 0 Å². The van der Waals surface area contributed by atoms with Gasteiger partial charge in [-0.3, -0.25) is 9.59 Å². The van der Waals surface area contributed by atoms with Gasteiger partial charge < -0.3 is 20.5 Å². The van der Waals surface area contributed by atoms with Crippen molar-refractivity contribution >= 4 is 17.8 Å². The van der Waals surface area contributed by atoms with Crippen molar-refractivity contribution in [2.45, 2.75) is 19.8 Å². The molecule has 0 spiro atoms. The van der Waals surface area contributed by atoms with Crippen LogP contribution in [-0.4, -0.2) is 47.5 Å². The van der Waals surface area contributed by atoms with Crippen molar-refractivity contribution in [3.05, 3.63) is 37.6 Å². The van der Waals surface area contributed by atoms with E-state index in [1.54, 1.807) is 18.0 Å². The first kappa shape index (κ1) is 21.9. The third kappa shape index (κ3) is 12.6. The first-order chi connectivity index (χ1) is 10.3. The van der Waals surface area contributed by atoms with Gasteiger partial charge in [0.05, 0.1) is 6.61 Å². The molecule has 1 heterocycles. The minimum absolute atomic E-state index is 0.0473. The highest BCUT2D eigenvalue weighted by molar-refractivity contribution is 5.86. The Kier molecular flexibility index (Phi) is 13.5. The molecule has 0 aromatic rings. The second kappa shape index (κ2) is 13.6. The molecule has 0 aliphatic carbocycles. The zero-order chi connectivity index (χ0) is 17.5. The second-order valence-electron chi connectivity index (χ2n) is 4.12. The number of hydrogen-bond acceptors (Lipinski definition) is 5. The number of carbonyl (C=O) groups excluding carboxylic acids is 3. The third-order valence-electron chi connectivity index (χ3n) is 2.20. The van der Waals surface area contributed by atoms with Crippen LogP contribution in [0, 0.1) is 0 Å². The van der Waals surface area contributed by atoms with E-state index in [-0.39, 0.29) is 19.1 Å². The van der Waals surface area contributed by atoms with E-state index in [1.807, 2.05) is 0 Å². The van der Waals surface area contributed by atoms with Crippen LogP contribution in [0.2, 0.25) is 0 Å². The molecule has 1 aliphatic heterocycles. The van der Waals surface area contributed by atoms with Gasteiger partial charge in [-0.15, -0.1) is 0 Å². The number of aliphatic hydroxyl groups is 1. The lowest BCUT2D eigenvalue weighted by Crippen LogP contribution is -2.16. The molecule has 3 N–H and O–H groups in total. The molecule has 124 valence electrons. The van der Waals surface area contributed by atoms with Gasteiger partial charge >= 0.3 is 5.97 Å². The number of nitrogens with zero attached hydrogens (tertiary/aromatic N) is 1. The number of esters is 1. The molecule has 2 amide bonds. The van der Waals surface area contributed by atoms with E-state index in [4.69, 9.17) is 5.11 Å². The van der Waals surface area contributed by atoms with Crippen LogP contribution in [0.15, 0.2) is 37.6 Å². The molecule has 0 bridgehead atoms. The molecule has 1 saturated heterocycles.